The Balaban J connectivity index is 1.75. The highest BCUT2D eigenvalue weighted by Gasteiger charge is 2.13. The van der Waals surface area contributed by atoms with Crippen molar-refractivity contribution in [2.45, 2.75) is 27.2 Å². The molecule has 0 spiro atoms. The first-order valence-corrected chi connectivity index (χ1v) is 10.2. The molecule has 2 aromatic rings. The van der Waals surface area contributed by atoms with E-state index in [1.807, 2.05) is 39.0 Å². The molecule has 1 aromatic heterocycles. The number of anilines is 2. The lowest BCUT2D eigenvalue weighted by atomic mass is 10.1. The Labute approximate surface area is 174 Å². The van der Waals surface area contributed by atoms with E-state index in [-0.39, 0.29) is 18.9 Å². The molecule has 0 aliphatic carbocycles. The highest BCUT2D eigenvalue weighted by Crippen LogP contribution is 2.23. The van der Waals surface area contributed by atoms with Gasteiger partial charge in [0, 0.05) is 22.7 Å². The summed E-state index contributed by atoms with van der Waals surface area (Å²) in [6.45, 7) is 7.77. The van der Waals surface area contributed by atoms with Gasteiger partial charge in [-0.1, -0.05) is 6.07 Å². The van der Waals surface area contributed by atoms with Gasteiger partial charge in [-0.25, -0.2) is 4.98 Å². The third-order valence-electron chi connectivity index (χ3n) is 4.14. The van der Waals surface area contributed by atoms with Crippen LogP contribution in [0.4, 0.5) is 10.8 Å². The summed E-state index contributed by atoms with van der Waals surface area (Å²) in [6, 6.07) is 5.62. The average Bonchev–Trinajstić information content (AvgIpc) is 2.98. The van der Waals surface area contributed by atoms with Gasteiger partial charge < -0.3 is 19.9 Å². The van der Waals surface area contributed by atoms with Gasteiger partial charge in [0.15, 0.2) is 5.13 Å². The number of aliphatic carboxylic acids is 1. The Morgan fingerprint density at radius 1 is 1.10 bits per heavy atom. The topological polar surface area (TPSA) is 110 Å². The molecule has 1 amide bonds. The minimum atomic E-state index is -0.877. The van der Waals surface area contributed by atoms with Crippen molar-refractivity contribution in [2.75, 3.05) is 43.6 Å². The smallest absolute Gasteiger partial charge is 0.305 e. The van der Waals surface area contributed by atoms with E-state index in [4.69, 9.17) is 14.6 Å². The summed E-state index contributed by atoms with van der Waals surface area (Å²) in [5.74, 6) is -1.06. The second kappa shape index (κ2) is 11.5. The molecule has 0 fully saturated rings. The van der Waals surface area contributed by atoms with Crippen molar-refractivity contribution in [2.24, 2.45) is 0 Å². The average molecular weight is 422 g/mol. The zero-order chi connectivity index (χ0) is 21.2. The van der Waals surface area contributed by atoms with Crippen molar-refractivity contribution in [1.82, 2.24) is 4.98 Å². The number of ether oxygens (including phenoxy) is 2. The molecule has 8 nitrogen and oxygen atoms in total. The van der Waals surface area contributed by atoms with Gasteiger partial charge in [-0.05, 0) is 38.5 Å². The first-order chi connectivity index (χ1) is 13.9. The van der Waals surface area contributed by atoms with Crippen LogP contribution >= 0.6 is 11.3 Å². The van der Waals surface area contributed by atoms with E-state index in [0.717, 1.165) is 21.8 Å². The fourth-order valence-electron chi connectivity index (χ4n) is 2.42. The summed E-state index contributed by atoms with van der Waals surface area (Å²) in [5, 5.41) is 15.2. The number of carbonyl (C=O) groups excluding carboxylic acids is 1. The standard InChI is InChI=1S/C20H27N3O5S/c1-13-4-5-16(21-7-9-28-11-10-27-8-6-18(24)25)12-17(13)19(26)23-20-22-14(2)15(3)29-20/h4-5,12,21H,6-11H2,1-3H3,(H,24,25)(H,22,23,26). The third kappa shape index (κ3) is 7.80. The largest absolute Gasteiger partial charge is 0.481 e. The molecule has 29 heavy (non-hydrogen) atoms. The number of amides is 1. The number of aromatic nitrogens is 1. The Morgan fingerprint density at radius 2 is 1.83 bits per heavy atom. The summed E-state index contributed by atoms with van der Waals surface area (Å²) in [4.78, 5) is 28.4. The van der Waals surface area contributed by atoms with Crippen LogP contribution in [0.1, 0.15) is 32.9 Å². The molecule has 0 aliphatic rings. The molecule has 0 saturated carbocycles. The lowest BCUT2D eigenvalue weighted by Crippen LogP contribution is -2.15. The van der Waals surface area contributed by atoms with Crippen LogP contribution in [0, 0.1) is 20.8 Å². The van der Waals surface area contributed by atoms with Crippen LogP contribution in [0.2, 0.25) is 0 Å². The molecule has 1 aromatic carbocycles. The van der Waals surface area contributed by atoms with Crippen molar-refractivity contribution >= 4 is 34.0 Å². The van der Waals surface area contributed by atoms with E-state index in [2.05, 4.69) is 15.6 Å². The van der Waals surface area contributed by atoms with Crippen molar-refractivity contribution < 1.29 is 24.2 Å². The van der Waals surface area contributed by atoms with Gasteiger partial charge in [0.2, 0.25) is 0 Å². The third-order valence-corrected chi connectivity index (χ3v) is 5.13. The maximum Gasteiger partial charge on any atom is 0.305 e. The number of thiazole rings is 1. The number of carbonyl (C=O) groups is 2. The number of rotatable bonds is 12. The summed E-state index contributed by atoms with van der Waals surface area (Å²) in [7, 11) is 0. The van der Waals surface area contributed by atoms with Crippen LogP contribution in [0.3, 0.4) is 0 Å². The summed E-state index contributed by atoms with van der Waals surface area (Å²) >= 11 is 1.46. The Morgan fingerprint density at radius 3 is 2.48 bits per heavy atom. The van der Waals surface area contributed by atoms with E-state index in [1.165, 1.54) is 11.3 Å². The second-order valence-corrected chi connectivity index (χ2v) is 7.64. The molecule has 9 heteroatoms. The van der Waals surface area contributed by atoms with Crippen LogP contribution in [0.15, 0.2) is 18.2 Å². The van der Waals surface area contributed by atoms with Crippen LogP contribution in [0.25, 0.3) is 0 Å². The Kier molecular flexibility index (Phi) is 9.04. The number of nitrogens with one attached hydrogen (secondary N) is 2. The maximum absolute atomic E-state index is 12.6. The lowest BCUT2D eigenvalue weighted by molar-refractivity contribution is -0.138. The van der Waals surface area contributed by atoms with Gasteiger partial charge >= 0.3 is 5.97 Å². The molecule has 0 unspecified atom stereocenters. The highest BCUT2D eigenvalue weighted by molar-refractivity contribution is 7.15. The second-order valence-electron chi connectivity index (χ2n) is 6.44. The molecular weight excluding hydrogens is 394 g/mol. The molecule has 0 saturated heterocycles. The predicted molar refractivity (Wildman–Crippen MR) is 113 cm³/mol. The van der Waals surface area contributed by atoms with Gasteiger partial charge in [-0.15, -0.1) is 11.3 Å². The first-order valence-electron chi connectivity index (χ1n) is 9.34. The van der Waals surface area contributed by atoms with E-state index < -0.39 is 5.97 Å². The van der Waals surface area contributed by atoms with Crippen LogP contribution in [-0.2, 0) is 14.3 Å². The fourth-order valence-corrected chi connectivity index (χ4v) is 3.23. The summed E-state index contributed by atoms with van der Waals surface area (Å²) in [5.41, 5.74) is 3.22. The van der Waals surface area contributed by atoms with Gasteiger partial charge in [0.1, 0.15) is 0 Å². The quantitative estimate of drug-likeness (QED) is 0.451. The molecule has 1 heterocycles. The molecule has 2 rings (SSSR count). The van der Waals surface area contributed by atoms with Gasteiger partial charge in [-0.2, -0.15) is 0 Å². The number of carboxylic acid groups (broad SMARTS) is 1. The number of nitrogens with zero attached hydrogens (tertiary/aromatic N) is 1. The van der Waals surface area contributed by atoms with Gasteiger partial charge in [0.25, 0.3) is 5.91 Å². The molecule has 0 bridgehead atoms. The number of hydrogen-bond acceptors (Lipinski definition) is 7. The van der Waals surface area contributed by atoms with Gasteiger partial charge in [0.05, 0.1) is 38.5 Å². The molecule has 0 aliphatic heterocycles. The number of hydrogen-bond donors (Lipinski definition) is 3. The fraction of sp³-hybridized carbons (Fsp3) is 0.450. The number of carboxylic acids is 1. The maximum atomic E-state index is 12.6. The number of aryl methyl sites for hydroxylation is 3. The van der Waals surface area contributed by atoms with E-state index in [9.17, 15) is 9.59 Å². The molecule has 0 radical (unpaired) electrons. The molecule has 158 valence electrons. The first kappa shape index (κ1) is 22.8. The highest BCUT2D eigenvalue weighted by atomic mass is 32.1. The van der Waals surface area contributed by atoms with Crippen LogP contribution in [0.5, 0.6) is 0 Å². The lowest BCUT2D eigenvalue weighted by Gasteiger charge is -2.11. The Hall–Kier alpha value is -2.49. The SMILES string of the molecule is Cc1ccc(NCCOCCOCCC(=O)O)cc1C(=O)Nc1nc(C)c(C)s1. The van der Waals surface area contributed by atoms with E-state index in [0.29, 0.717) is 37.1 Å². The van der Waals surface area contributed by atoms with Crippen LogP contribution < -0.4 is 10.6 Å². The molecule has 0 atom stereocenters. The van der Waals surface area contributed by atoms with Crippen molar-refractivity contribution in [3.63, 3.8) is 0 Å². The van der Waals surface area contributed by atoms with Crippen molar-refractivity contribution in [3.8, 4) is 0 Å². The molecule has 3 N–H and O–H groups in total. The minimum Gasteiger partial charge on any atom is -0.481 e. The molecular formula is C20H27N3O5S. The normalized spacial score (nSPS) is 10.7. The zero-order valence-electron chi connectivity index (χ0n) is 16.9. The minimum absolute atomic E-state index is 0.00729. The van der Waals surface area contributed by atoms with E-state index in [1.54, 1.807) is 0 Å². The van der Waals surface area contributed by atoms with Crippen LogP contribution in [-0.4, -0.2) is 54.9 Å². The monoisotopic (exact) mass is 421 g/mol. The van der Waals surface area contributed by atoms with Crippen molar-refractivity contribution in [3.05, 3.63) is 39.9 Å². The summed E-state index contributed by atoms with van der Waals surface area (Å²) in [6.07, 6.45) is -0.00729. The number of benzene rings is 1. The van der Waals surface area contributed by atoms with Gasteiger partial charge in [-0.3, -0.25) is 14.9 Å². The summed E-state index contributed by atoms with van der Waals surface area (Å²) < 4.78 is 10.6. The zero-order valence-corrected chi connectivity index (χ0v) is 17.7. The van der Waals surface area contributed by atoms with E-state index >= 15 is 0 Å². The Bertz CT molecular complexity index is 818. The predicted octanol–water partition coefficient (Wildman–Crippen LogP) is 3.24. The van der Waals surface area contributed by atoms with Crippen molar-refractivity contribution in [1.29, 1.82) is 0 Å².